The number of fused-ring (bicyclic) bond motifs is 2. The fraction of sp³-hybridized carbons (Fsp3) is 0.316. The average Bonchev–Trinajstić information content (AvgIpc) is 2.99. The molecule has 24 heavy (non-hydrogen) atoms. The molecule has 0 radical (unpaired) electrons. The van der Waals surface area contributed by atoms with Crippen molar-refractivity contribution in [2.45, 2.75) is 25.8 Å². The Kier molecular flexibility index (Phi) is 4.01. The van der Waals surface area contributed by atoms with E-state index in [0.29, 0.717) is 11.6 Å². The van der Waals surface area contributed by atoms with Crippen LogP contribution in [0.25, 0.3) is 10.2 Å². The first-order chi connectivity index (χ1) is 11.7. The molecule has 5 heteroatoms. The van der Waals surface area contributed by atoms with Gasteiger partial charge in [0, 0.05) is 37.4 Å². The van der Waals surface area contributed by atoms with E-state index in [0.717, 1.165) is 37.1 Å². The van der Waals surface area contributed by atoms with Crippen LogP contribution in [0.1, 0.15) is 35.3 Å². The first-order valence-electron chi connectivity index (χ1n) is 8.19. The van der Waals surface area contributed by atoms with Crippen molar-refractivity contribution >= 4 is 21.6 Å². The van der Waals surface area contributed by atoms with Gasteiger partial charge in [0.25, 0.3) is 0 Å². The third kappa shape index (κ3) is 2.79. The van der Waals surface area contributed by atoms with Gasteiger partial charge in [0.05, 0.1) is 21.3 Å². The highest BCUT2D eigenvalue weighted by Gasteiger charge is 2.21. The monoisotopic (exact) mass is 334 g/mol. The molecule has 0 aliphatic carbocycles. The lowest BCUT2D eigenvalue weighted by Crippen LogP contribution is -2.29. The van der Waals surface area contributed by atoms with E-state index >= 15 is 0 Å². The summed E-state index contributed by atoms with van der Waals surface area (Å²) in [6.45, 7) is 4.24. The summed E-state index contributed by atoms with van der Waals surface area (Å²) in [4.78, 5) is 11.4. The van der Waals surface area contributed by atoms with E-state index in [-0.39, 0.29) is 0 Å². The SMILES string of the molecule is CC(c1ccc2scnc2c1)N1CCc2cc(C#N)cnc2CC1. The summed E-state index contributed by atoms with van der Waals surface area (Å²) in [6.07, 6.45) is 3.57. The number of aromatic nitrogens is 2. The molecule has 1 aliphatic heterocycles. The first-order valence-corrected chi connectivity index (χ1v) is 9.07. The Labute approximate surface area is 145 Å². The predicted octanol–water partition coefficient (Wildman–Crippen LogP) is 3.72. The zero-order valence-electron chi connectivity index (χ0n) is 13.6. The molecule has 1 aromatic carbocycles. The Balaban J connectivity index is 1.56. The van der Waals surface area contributed by atoms with E-state index in [1.807, 2.05) is 11.6 Å². The lowest BCUT2D eigenvalue weighted by molar-refractivity contribution is 0.221. The highest BCUT2D eigenvalue weighted by molar-refractivity contribution is 7.16. The second kappa shape index (κ2) is 6.31. The van der Waals surface area contributed by atoms with Crippen LogP contribution >= 0.6 is 11.3 Å². The van der Waals surface area contributed by atoms with E-state index < -0.39 is 0 Å². The molecule has 0 fully saturated rings. The van der Waals surface area contributed by atoms with Crippen molar-refractivity contribution in [1.29, 1.82) is 5.26 Å². The van der Waals surface area contributed by atoms with Gasteiger partial charge in [-0.25, -0.2) is 4.98 Å². The molecular weight excluding hydrogens is 316 g/mol. The zero-order chi connectivity index (χ0) is 16.5. The van der Waals surface area contributed by atoms with Gasteiger partial charge >= 0.3 is 0 Å². The van der Waals surface area contributed by atoms with Gasteiger partial charge in [-0.2, -0.15) is 5.26 Å². The molecule has 2 aromatic heterocycles. The summed E-state index contributed by atoms with van der Waals surface area (Å²) in [6, 6.07) is 11.1. The van der Waals surface area contributed by atoms with Crippen molar-refractivity contribution in [3.05, 3.63) is 58.4 Å². The molecular formula is C19H18N4S. The van der Waals surface area contributed by atoms with Gasteiger partial charge in [0.15, 0.2) is 0 Å². The van der Waals surface area contributed by atoms with E-state index in [1.165, 1.54) is 15.8 Å². The fourth-order valence-corrected chi connectivity index (χ4v) is 4.06. The quantitative estimate of drug-likeness (QED) is 0.716. The number of hydrogen-bond donors (Lipinski definition) is 0. The van der Waals surface area contributed by atoms with Crippen LogP contribution in [0.15, 0.2) is 36.0 Å². The lowest BCUT2D eigenvalue weighted by atomic mass is 10.1. The molecule has 1 aliphatic rings. The highest BCUT2D eigenvalue weighted by Crippen LogP contribution is 2.27. The van der Waals surface area contributed by atoms with Crippen LogP contribution in [0.3, 0.4) is 0 Å². The smallest absolute Gasteiger partial charge is 0.101 e. The van der Waals surface area contributed by atoms with Crippen molar-refractivity contribution in [2.75, 3.05) is 13.1 Å². The lowest BCUT2D eigenvalue weighted by Gasteiger charge is -2.27. The van der Waals surface area contributed by atoms with Crippen molar-refractivity contribution in [3.63, 3.8) is 0 Å². The Bertz CT molecular complexity index is 925. The standard InChI is InChI=1S/C19H18N4S/c1-13(15-2-3-19-18(9-15)22-12-24-19)23-6-4-16-8-14(10-20)11-21-17(16)5-7-23/h2-3,8-9,11-13H,4-7H2,1H3. The summed E-state index contributed by atoms with van der Waals surface area (Å²) in [5, 5.41) is 9.06. The van der Waals surface area contributed by atoms with Crippen LogP contribution in [0.4, 0.5) is 0 Å². The van der Waals surface area contributed by atoms with Crippen LogP contribution < -0.4 is 0 Å². The van der Waals surface area contributed by atoms with Crippen LogP contribution in [0.2, 0.25) is 0 Å². The van der Waals surface area contributed by atoms with Crippen molar-refractivity contribution in [3.8, 4) is 6.07 Å². The summed E-state index contributed by atoms with van der Waals surface area (Å²) in [7, 11) is 0. The summed E-state index contributed by atoms with van der Waals surface area (Å²) >= 11 is 1.68. The predicted molar refractivity (Wildman–Crippen MR) is 96.0 cm³/mol. The van der Waals surface area contributed by atoms with Gasteiger partial charge in [-0.05, 0) is 42.7 Å². The van der Waals surface area contributed by atoms with Gasteiger partial charge in [-0.3, -0.25) is 9.88 Å². The molecule has 3 aromatic rings. The molecule has 0 saturated heterocycles. The Morgan fingerprint density at radius 2 is 2.08 bits per heavy atom. The van der Waals surface area contributed by atoms with Gasteiger partial charge in [-0.1, -0.05) is 6.07 Å². The molecule has 0 amide bonds. The summed E-state index contributed by atoms with van der Waals surface area (Å²) in [5.74, 6) is 0. The Morgan fingerprint density at radius 3 is 2.96 bits per heavy atom. The van der Waals surface area contributed by atoms with Crippen molar-refractivity contribution in [1.82, 2.24) is 14.9 Å². The van der Waals surface area contributed by atoms with Crippen molar-refractivity contribution < 1.29 is 0 Å². The maximum Gasteiger partial charge on any atom is 0.101 e. The maximum atomic E-state index is 9.06. The number of pyridine rings is 1. The number of nitriles is 1. The topological polar surface area (TPSA) is 52.8 Å². The fourth-order valence-electron chi connectivity index (χ4n) is 3.40. The molecule has 0 N–H and O–H groups in total. The van der Waals surface area contributed by atoms with E-state index in [1.54, 1.807) is 17.5 Å². The third-order valence-corrected chi connectivity index (χ3v) is 5.69. The number of benzene rings is 1. The van der Waals surface area contributed by atoms with Crippen LogP contribution in [-0.4, -0.2) is 28.0 Å². The average molecular weight is 334 g/mol. The second-order valence-electron chi connectivity index (χ2n) is 6.23. The van der Waals surface area contributed by atoms with Gasteiger partial charge in [0.1, 0.15) is 6.07 Å². The molecule has 3 heterocycles. The number of rotatable bonds is 2. The summed E-state index contributed by atoms with van der Waals surface area (Å²) in [5.41, 5.74) is 7.31. The highest BCUT2D eigenvalue weighted by atomic mass is 32.1. The minimum Gasteiger partial charge on any atom is -0.296 e. The van der Waals surface area contributed by atoms with Gasteiger partial charge in [-0.15, -0.1) is 11.3 Å². The molecule has 0 spiro atoms. The largest absolute Gasteiger partial charge is 0.296 e. The maximum absolute atomic E-state index is 9.06. The minimum absolute atomic E-state index is 0.348. The van der Waals surface area contributed by atoms with Crippen LogP contribution in [0, 0.1) is 11.3 Å². The molecule has 4 nitrogen and oxygen atoms in total. The number of hydrogen-bond acceptors (Lipinski definition) is 5. The molecule has 120 valence electrons. The third-order valence-electron chi connectivity index (χ3n) is 4.88. The number of nitrogens with zero attached hydrogens (tertiary/aromatic N) is 4. The van der Waals surface area contributed by atoms with Gasteiger partial charge in [0.2, 0.25) is 0 Å². The molecule has 1 unspecified atom stereocenters. The van der Waals surface area contributed by atoms with Crippen molar-refractivity contribution in [2.24, 2.45) is 0 Å². The normalized spacial score (nSPS) is 16.3. The minimum atomic E-state index is 0.348. The Morgan fingerprint density at radius 1 is 1.21 bits per heavy atom. The Hall–Kier alpha value is -2.29. The van der Waals surface area contributed by atoms with E-state index in [9.17, 15) is 0 Å². The van der Waals surface area contributed by atoms with E-state index in [4.69, 9.17) is 5.26 Å². The van der Waals surface area contributed by atoms with Crippen LogP contribution in [0.5, 0.6) is 0 Å². The zero-order valence-corrected chi connectivity index (χ0v) is 14.4. The number of thiazole rings is 1. The first kappa shape index (κ1) is 15.3. The second-order valence-corrected chi connectivity index (χ2v) is 7.12. The van der Waals surface area contributed by atoms with E-state index in [2.05, 4.69) is 46.1 Å². The molecule has 1 atom stereocenters. The molecule has 4 rings (SSSR count). The van der Waals surface area contributed by atoms with Crippen LogP contribution in [-0.2, 0) is 12.8 Å². The molecule has 0 bridgehead atoms. The van der Waals surface area contributed by atoms with Gasteiger partial charge < -0.3 is 0 Å². The molecule has 0 saturated carbocycles. The summed E-state index contributed by atoms with van der Waals surface area (Å²) < 4.78 is 1.24.